The molecule has 1 N–H and O–H groups in total. The molecule has 5 heteroatoms. The molecule has 1 heterocycles. The average molecular weight is 489 g/mol. The van der Waals surface area contributed by atoms with Gasteiger partial charge in [0.2, 0.25) is 0 Å². The predicted octanol–water partition coefficient (Wildman–Crippen LogP) is 8.80. The van der Waals surface area contributed by atoms with E-state index in [1.54, 1.807) is 0 Å². The third-order valence-electron chi connectivity index (χ3n) is 7.15. The van der Waals surface area contributed by atoms with Crippen molar-refractivity contribution in [3.8, 4) is 5.75 Å². The first-order valence-electron chi connectivity index (χ1n) is 13.6. The van der Waals surface area contributed by atoms with E-state index in [9.17, 15) is 9.46 Å². The Morgan fingerprint density at radius 2 is 1.56 bits per heavy atom. The molecular formula is C29H45O4P. The topological polar surface area (TPSA) is 55.8 Å². The molecule has 1 aliphatic carbocycles. The van der Waals surface area contributed by atoms with Crippen LogP contribution < -0.4 is 4.52 Å². The van der Waals surface area contributed by atoms with Gasteiger partial charge in [0.25, 0.3) is 0 Å². The fraction of sp³-hybridized carbons (Fsp3) is 0.655. The van der Waals surface area contributed by atoms with Gasteiger partial charge in [-0.1, -0.05) is 83.2 Å². The molecule has 2 unspecified atom stereocenters. The molecule has 0 saturated heterocycles. The van der Waals surface area contributed by atoms with Crippen molar-refractivity contribution in [3.63, 3.8) is 0 Å². The highest BCUT2D eigenvalue weighted by atomic mass is 31.2. The molecule has 1 spiro atoms. The SMILES string of the molecule is CCCCC1=CCC2(Cc3cc(CCCC)cc(CCCC)c3OP(=O)(O)O2)C(CCCC)=C1. The minimum atomic E-state index is -4.27. The summed E-state index contributed by atoms with van der Waals surface area (Å²) in [6.45, 7) is 8.78. The van der Waals surface area contributed by atoms with Gasteiger partial charge in [-0.3, -0.25) is 9.42 Å². The van der Waals surface area contributed by atoms with Crippen molar-refractivity contribution in [1.29, 1.82) is 0 Å². The minimum Gasteiger partial charge on any atom is -0.404 e. The molecule has 0 aromatic heterocycles. The summed E-state index contributed by atoms with van der Waals surface area (Å²) in [6, 6.07) is 4.41. The maximum absolute atomic E-state index is 13.3. The highest BCUT2D eigenvalue weighted by Gasteiger charge is 2.47. The highest BCUT2D eigenvalue weighted by Crippen LogP contribution is 2.57. The van der Waals surface area contributed by atoms with Crippen LogP contribution in [0.15, 0.2) is 35.4 Å². The lowest BCUT2D eigenvalue weighted by Crippen LogP contribution is -2.37. The quantitative estimate of drug-likeness (QED) is 0.299. The molecule has 4 nitrogen and oxygen atoms in total. The summed E-state index contributed by atoms with van der Waals surface area (Å²) in [5, 5.41) is 0. The van der Waals surface area contributed by atoms with Gasteiger partial charge in [-0.05, 0) is 80.1 Å². The molecule has 190 valence electrons. The van der Waals surface area contributed by atoms with Crippen LogP contribution in [0.3, 0.4) is 0 Å². The van der Waals surface area contributed by atoms with Crippen LogP contribution in [0.1, 0.15) is 115 Å². The molecule has 1 aromatic carbocycles. The van der Waals surface area contributed by atoms with E-state index in [4.69, 9.17) is 9.05 Å². The summed E-state index contributed by atoms with van der Waals surface area (Å²) in [5.74, 6) is 0.590. The Morgan fingerprint density at radius 3 is 2.26 bits per heavy atom. The van der Waals surface area contributed by atoms with Gasteiger partial charge in [0.15, 0.2) is 0 Å². The van der Waals surface area contributed by atoms with Crippen LogP contribution >= 0.6 is 7.82 Å². The summed E-state index contributed by atoms with van der Waals surface area (Å²) in [4.78, 5) is 10.9. The van der Waals surface area contributed by atoms with E-state index in [1.807, 2.05) is 0 Å². The van der Waals surface area contributed by atoms with E-state index in [0.717, 1.165) is 93.7 Å². The van der Waals surface area contributed by atoms with Crippen molar-refractivity contribution < 1.29 is 18.5 Å². The second kappa shape index (κ2) is 12.6. The Morgan fingerprint density at radius 1 is 0.912 bits per heavy atom. The third-order valence-corrected chi connectivity index (χ3v) is 8.14. The molecule has 0 radical (unpaired) electrons. The van der Waals surface area contributed by atoms with E-state index in [2.05, 4.69) is 52.0 Å². The molecule has 2 aliphatic rings. The Labute approximate surface area is 207 Å². The predicted molar refractivity (Wildman–Crippen MR) is 141 cm³/mol. The van der Waals surface area contributed by atoms with E-state index >= 15 is 0 Å². The monoisotopic (exact) mass is 488 g/mol. The second-order valence-corrected chi connectivity index (χ2v) is 11.4. The fourth-order valence-electron chi connectivity index (χ4n) is 5.19. The molecule has 0 amide bonds. The van der Waals surface area contributed by atoms with Crippen molar-refractivity contribution >= 4 is 7.82 Å². The minimum absolute atomic E-state index is 0.582. The van der Waals surface area contributed by atoms with Crippen molar-refractivity contribution in [2.75, 3.05) is 0 Å². The third kappa shape index (κ3) is 6.86. The Hall–Kier alpha value is -1.35. The van der Waals surface area contributed by atoms with Gasteiger partial charge >= 0.3 is 7.82 Å². The van der Waals surface area contributed by atoms with E-state index in [0.29, 0.717) is 18.6 Å². The molecular weight excluding hydrogens is 443 g/mol. The number of hydrogen-bond acceptors (Lipinski definition) is 3. The van der Waals surface area contributed by atoms with Gasteiger partial charge in [0, 0.05) is 6.42 Å². The summed E-state index contributed by atoms with van der Waals surface area (Å²) in [7, 11) is -4.27. The summed E-state index contributed by atoms with van der Waals surface area (Å²) in [5.41, 5.74) is 5.05. The van der Waals surface area contributed by atoms with Gasteiger partial charge in [-0.15, -0.1) is 0 Å². The molecule has 0 fully saturated rings. The maximum atomic E-state index is 13.3. The molecule has 1 aromatic rings. The smallest absolute Gasteiger partial charge is 0.404 e. The van der Waals surface area contributed by atoms with Crippen molar-refractivity contribution in [3.05, 3.63) is 52.1 Å². The number of fused-ring (bicyclic) bond motifs is 1. The molecule has 34 heavy (non-hydrogen) atoms. The van der Waals surface area contributed by atoms with Gasteiger partial charge in [0.1, 0.15) is 11.4 Å². The number of unbranched alkanes of at least 4 members (excludes halogenated alkanes) is 4. The lowest BCUT2D eigenvalue weighted by molar-refractivity contribution is 0.0723. The molecule has 0 saturated carbocycles. The van der Waals surface area contributed by atoms with E-state index in [-0.39, 0.29) is 0 Å². The number of hydrogen-bond donors (Lipinski definition) is 1. The van der Waals surface area contributed by atoms with Crippen LogP contribution in [0, 0.1) is 0 Å². The summed E-state index contributed by atoms with van der Waals surface area (Å²) < 4.78 is 25.3. The maximum Gasteiger partial charge on any atom is 0.528 e. The van der Waals surface area contributed by atoms with E-state index in [1.165, 1.54) is 11.1 Å². The average Bonchev–Trinajstić information content (AvgIpc) is 2.92. The van der Waals surface area contributed by atoms with Gasteiger partial charge < -0.3 is 4.52 Å². The van der Waals surface area contributed by atoms with E-state index < -0.39 is 13.4 Å². The van der Waals surface area contributed by atoms with Crippen LogP contribution in [-0.4, -0.2) is 10.5 Å². The fourth-order valence-corrected chi connectivity index (χ4v) is 6.39. The molecule has 1 aliphatic heterocycles. The van der Waals surface area contributed by atoms with Crippen LogP contribution in [0.5, 0.6) is 5.75 Å². The lowest BCUT2D eigenvalue weighted by Gasteiger charge is -2.37. The van der Waals surface area contributed by atoms with Crippen LogP contribution in [0.2, 0.25) is 0 Å². The Balaban J connectivity index is 2.07. The first-order valence-corrected chi connectivity index (χ1v) is 15.1. The van der Waals surface area contributed by atoms with Crippen LogP contribution in [0.25, 0.3) is 0 Å². The number of phosphoric acid groups is 1. The first kappa shape index (κ1) is 27.2. The number of phosphoric ester groups is 1. The number of allylic oxidation sites excluding steroid dienone is 2. The molecule has 3 rings (SSSR count). The van der Waals surface area contributed by atoms with Crippen LogP contribution in [0.4, 0.5) is 0 Å². The largest absolute Gasteiger partial charge is 0.528 e. The second-order valence-electron chi connectivity index (χ2n) is 10.1. The van der Waals surface area contributed by atoms with Crippen molar-refractivity contribution in [2.24, 2.45) is 0 Å². The zero-order valence-electron chi connectivity index (χ0n) is 21.8. The first-order chi connectivity index (χ1) is 16.4. The zero-order chi connectivity index (χ0) is 24.6. The number of aryl methyl sites for hydroxylation is 2. The Bertz CT molecular complexity index is 932. The number of benzene rings is 1. The highest BCUT2D eigenvalue weighted by molar-refractivity contribution is 7.47. The van der Waals surface area contributed by atoms with Crippen molar-refractivity contribution in [1.82, 2.24) is 0 Å². The van der Waals surface area contributed by atoms with Gasteiger partial charge in [-0.25, -0.2) is 4.57 Å². The van der Waals surface area contributed by atoms with Crippen molar-refractivity contribution in [2.45, 2.75) is 123 Å². The zero-order valence-corrected chi connectivity index (χ0v) is 22.7. The molecule has 2 atom stereocenters. The Kier molecular flexibility index (Phi) is 10.1. The molecule has 0 bridgehead atoms. The summed E-state index contributed by atoms with van der Waals surface area (Å²) >= 11 is 0. The summed E-state index contributed by atoms with van der Waals surface area (Å²) in [6.07, 6.45) is 18.3. The lowest BCUT2D eigenvalue weighted by atomic mass is 9.76. The number of rotatable bonds is 12. The van der Waals surface area contributed by atoms with Crippen LogP contribution in [-0.2, 0) is 28.4 Å². The van der Waals surface area contributed by atoms with Gasteiger partial charge in [0.05, 0.1) is 0 Å². The van der Waals surface area contributed by atoms with Gasteiger partial charge in [-0.2, -0.15) is 0 Å². The normalized spacial score (nSPS) is 24.3. The standard InChI is InChI=1S/C29H45O4P/c1-5-9-13-23-17-18-29(27(21-23)16-12-8-4)22-26-20-24(14-10-6-2)19-25(15-11-7-3)28(26)32-34(30,31)33-29/h17,19-21H,5-16,18,22H2,1-4H3,(H,30,31).